The Labute approximate surface area is 120 Å². The summed E-state index contributed by atoms with van der Waals surface area (Å²) in [4.78, 5) is 15.6. The van der Waals surface area contributed by atoms with Crippen molar-refractivity contribution in [2.75, 3.05) is 36.8 Å². The van der Waals surface area contributed by atoms with Crippen LogP contribution in [0.1, 0.15) is 30.6 Å². The zero-order valence-electron chi connectivity index (χ0n) is 12.2. The monoisotopic (exact) mass is 277 g/mol. The first-order valence-electron chi connectivity index (χ1n) is 7.14. The lowest BCUT2D eigenvalue weighted by atomic mass is 10.1. The molecule has 3 N–H and O–H groups in total. The van der Waals surface area contributed by atoms with Crippen LogP contribution in [0.5, 0.6) is 0 Å². The highest BCUT2D eigenvalue weighted by molar-refractivity contribution is 5.90. The summed E-state index contributed by atoms with van der Waals surface area (Å²) in [6.45, 7) is 8.37. The van der Waals surface area contributed by atoms with Crippen LogP contribution >= 0.6 is 0 Å². The number of nitrogens with two attached hydrogens (primary N) is 1. The zero-order valence-corrected chi connectivity index (χ0v) is 12.2. The van der Waals surface area contributed by atoms with Gasteiger partial charge in [0.15, 0.2) is 0 Å². The molecule has 5 nitrogen and oxygen atoms in total. The first kappa shape index (κ1) is 14.7. The maximum absolute atomic E-state index is 10.9. The number of carboxylic acid groups (broad SMARTS) is 1. The summed E-state index contributed by atoms with van der Waals surface area (Å²) in [7, 11) is 0. The normalized spacial score (nSPS) is 18.0. The van der Waals surface area contributed by atoms with Crippen molar-refractivity contribution in [3.63, 3.8) is 0 Å². The SMILES string of the molecule is CCC(C)N1CCN(c2ccc(C(=O)O)cc2N)CC1. The van der Waals surface area contributed by atoms with E-state index in [1.165, 1.54) is 0 Å². The van der Waals surface area contributed by atoms with Crippen molar-refractivity contribution in [1.82, 2.24) is 4.90 Å². The molecule has 0 bridgehead atoms. The van der Waals surface area contributed by atoms with Crippen molar-refractivity contribution in [3.05, 3.63) is 23.8 Å². The third-order valence-corrected chi connectivity index (χ3v) is 4.14. The minimum absolute atomic E-state index is 0.240. The summed E-state index contributed by atoms with van der Waals surface area (Å²) in [5.74, 6) is -0.940. The molecule has 0 radical (unpaired) electrons. The molecular weight excluding hydrogens is 254 g/mol. The highest BCUT2D eigenvalue weighted by Crippen LogP contribution is 2.26. The molecule has 1 heterocycles. The second kappa shape index (κ2) is 6.13. The minimum atomic E-state index is -0.940. The Hall–Kier alpha value is -1.75. The van der Waals surface area contributed by atoms with Gasteiger partial charge in [-0.1, -0.05) is 6.92 Å². The Morgan fingerprint density at radius 3 is 2.50 bits per heavy atom. The van der Waals surface area contributed by atoms with Crippen LogP contribution in [0, 0.1) is 0 Å². The van der Waals surface area contributed by atoms with Gasteiger partial charge in [-0.15, -0.1) is 0 Å². The Bertz CT molecular complexity index is 482. The number of benzene rings is 1. The predicted octanol–water partition coefficient (Wildman–Crippen LogP) is 1.89. The molecule has 0 spiro atoms. The van der Waals surface area contributed by atoms with Crippen LogP contribution in [0.25, 0.3) is 0 Å². The predicted molar refractivity (Wildman–Crippen MR) is 81.4 cm³/mol. The van der Waals surface area contributed by atoms with Crippen molar-refractivity contribution in [2.24, 2.45) is 0 Å². The van der Waals surface area contributed by atoms with Gasteiger partial charge in [-0.3, -0.25) is 4.90 Å². The van der Waals surface area contributed by atoms with Gasteiger partial charge in [-0.05, 0) is 31.5 Å². The minimum Gasteiger partial charge on any atom is -0.478 e. The third-order valence-electron chi connectivity index (χ3n) is 4.14. The first-order chi connectivity index (χ1) is 9.52. The van der Waals surface area contributed by atoms with Gasteiger partial charge in [0.2, 0.25) is 0 Å². The summed E-state index contributed by atoms with van der Waals surface area (Å²) in [6.07, 6.45) is 1.16. The zero-order chi connectivity index (χ0) is 14.7. The van der Waals surface area contributed by atoms with Crippen molar-refractivity contribution < 1.29 is 9.90 Å². The van der Waals surface area contributed by atoms with Gasteiger partial charge in [-0.2, -0.15) is 0 Å². The number of nitrogens with zero attached hydrogens (tertiary/aromatic N) is 2. The lowest BCUT2D eigenvalue weighted by Crippen LogP contribution is -2.49. The average Bonchev–Trinajstić information content (AvgIpc) is 2.46. The molecule has 1 saturated heterocycles. The molecule has 0 amide bonds. The van der Waals surface area contributed by atoms with E-state index in [1.54, 1.807) is 12.1 Å². The van der Waals surface area contributed by atoms with E-state index < -0.39 is 5.97 Å². The van der Waals surface area contributed by atoms with E-state index in [0.717, 1.165) is 38.3 Å². The molecule has 2 rings (SSSR count). The summed E-state index contributed by atoms with van der Waals surface area (Å²) >= 11 is 0. The summed E-state index contributed by atoms with van der Waals surface area (Å²) < 4.78 is 0. The van der Waals surface area contributed by atoms with E-state index in [4.69, 9.17) is 10.8 Å². The van der Waals surface area contributed by atoms with Gasteiger partial charge in [0, 0.05) is 32.2 Å². The molecule has 110 valence electrons. The van der Waals surface area contributed by atoms with Crippen molar-refractivity contribution in [1.29, 1.82) is 0 Å². The van der Waals surface area contributed by atoms with E-state index in [1.807, 2.05) is 6.07 Å². The second-order valence-corrected chi connectivity index (χ2v) is 5.36. The van der Waals surface area contributed by atoms with Crippen LogP contribution in [-0.2, 0) is 0 Å². The number of anilines is 2. The Morgan fingerprint density at radius 1 is 1.35 bits per heavy atom. The Balaban J connectivity index is 2.05. The third kappa shape index (κ3) is 3.04. The standard InChI is InChI=1S/C15H23N3O2/c1-3-11(2)17-6-8-18(9-7-17)14-5-4-12(15(19)20)10-13(14)16/h4-5,10-11H,3,6-9,16H2,1-2H3,(H,19,20). The highest BCUT2D eigenvalue weighted by atomic mass is 16.4. The van der Waals surface area contributed by atoms with Crippen molar-refractivity contribution in [3.8, 4) is 0 Å². The fraction of sp³-hybridized carbons (Fsp3) is 0.533. The summed E-state index contributed by atoms with van der Waals surface area (Å²) in [5, 5.41) is 8.96. The molecule has 0 saturated carbocycles. The topological polar surface area (TPSA) is 69.8 Å². The van der Waals surface area contributed by atoms with Gasteiger partial charge < -0.3 is 15.7 Å². The smallest absolute Gasteiger partial charge is 0.335 e. The number of piperazine rings is 1. The highest BCUT2D eigenvalue weighted by Gasteiger charge is 2.21. The van der Waals surface area contributed by atoms with Gasteiger partial charge >= 0.3 is 5.97 Å². The first-order valence-corrected chi connectivity index (χ1v) is 7.14. The maximum atomic E-state index is 10.9. The van der Waals surface area contributed by atoms with Gasteiger partial charge in [-0.25, -0.2) is 4.79 Å². The molecule has 1 atom stereocenters. The van der Waals surface area contributed by atoms with E-state index in [2.05, 4.69) is 23.6 Å². The summed E-state index contributed by atoms with van der Waals surface area (Å²) in [5.41, 5.74) is 7.72. The number of rotatable bonds is 4. The van der Waals surface area contributed by atoms with E-state index in [0.29, 0.717) is 11.7 Å². The average molecular weight is 277 g/mol. The molecule has 1 unspecified atom stereocenters. The molecule has 0 aliphatic carbocycles. The largest absolute Gasteiger partial charge is 0.478 e. The number of hydrogen-bond acceptors (Lipinski definition) is 4. The number of hydrogen-bond donors (Lipinski definition) is 2. The van der Waals surface area contributed by atoms with E-state index in [9.17, 15) is 4.79 Å². The second-order valence-electron chi connectivity index (χ2n) is 5.36. The molecule has 1 aromatic rings. The van der Waals surface area contributed by atoms with Crippen LogP contribution in [0.2, 0.25) is 0 Å². The Morgan fingerprint density at radius 2 is 2.00 bits per heavy atom. The number of nitrogen functional groups attached to an aromatic ring is 1. The van der Waals surface area contributed by atoms with Gasteiger partial charge in [0.25, 0.3) is 0 Å². The molecular formula is C15H23N3O2. The number of carboxylic acids is 1. The lowest BCUT2D eigenvalue weighted by Gasteiger charge is -2.39. The quantitative estimate of drug-likeness (QED) is 0.822. The van der Waals surface area contributed by atoms with Gasteiger partial charge in [0.05, 0.1) is 16.9 Å². The van der Waals surface area contributed by atoms with E-state index >= 15 is 0 Å². The molecule has 0 aromatic heterocycles. The fourth-order valence-corrected chi connectivity index (χ4v) is 2.64. The molecule has 5 heteroatoms. The molecule has 1 aliphatic heterocycles. The number of aromatic carboxylic acids is 1. The van der Waals surface area contributed by atoms with Crippen LogP contribution in [0.3, 0.4) is 0 Å². The van der Waals surface area contributed by atoms with Crippen molar-refractivity contribution in [2.45, 2.75) is 26.3 Å². The van der Waals surface area contributed by atoms with Gasteiger partial charge in [0.1, 0.15) is 0 Å². The van der Waals surface area contributed by atoms with Crippen LogP contribution in [-0.4, -0.2) is 48.2 Å². The van der Waals surface area contributed by atoms with Crippen molar-refractivity contribution >= 4 is 17.3 Å². The fourth-order valence-electron chi connectivity index (χ4n) is 2.64. The van der Waals surface area contributed by atoms with Crippen LogP contribution in [0.4, 0.5) is 11.4 Å². The Kier molecular flexibility index (Phi) is 4.49. The van der Waals surface area contributed by atoms with E-state index in [-0.39, 0.29) is 5.56 Å². The number of carbonyl (C=O) groups is 1. The summed E-state index contributed by atoms with van der Waals surface area (Å²) in [6, 6.07) is 5.59. The molecule has 20 heavy (non-hydrogen) atoms. The molecule has 1 fully saturated rings. The maximum Gasteiger partial charge on any atom is 0.335 e. The lowest BCUT2D eigenvalue weighted by molar-refractivity contribution is 0.0697. The molecule has 1 aromatic carbocycles. The molecule has 1 aliphatic rings. The van der Waals surface area contributed by atoms with Crippen LogP contribution in [0.15, 0.2) is 18.2 Å². The van der Waals surface area contributed by atoms with Crippen LogP contribution < -0.4 is 10.6 Å².